The molecule has 0 spiro atoms. The molecule has 0 aliphatic carbocycles. The summed E-state index contributed by atoms with van der Waals surface area (Å²) in [7, 11) is 0. The van der Waals surface area contributed by atoms with Crippen LogP contribution in [0.3, 0.4) is 0 Å². The van der Waals surface area contributed by atoms with Crippen LogP contribution in [0.15, 0.2) is 22.7 Å². The molecule has 6 nitrogen and oxygen atoms in total. The molecule has 0 bridgehead atoms. The van der Waals surface area contributed by atoms with E-state index in [1.54, 1.807) is 6.07 Å². The van der Waals surface area contributed by atoms with Crippen LogP contribution in [0.1, 0.15) is 36.5 Å². The van der Waals surface area contributed by atoms with Crippen molar-refractivity contribution in [2.75, 3.05) is 0 Å². The first-order valence-electron chi connectivity index (χ1n) is 6.26. The number of aryl methyl sites for hydroxylation is 1. The van der Waals surface area contributed by atoms with Gasteiger partial charge in [-0.3, -0.25) is 10.1 Å². The van der Waals surface area contributed by atoms with E-state index in [4.69, 9.17) is 16.1 Å². The van der Waals surface area contributed by atoms with E-state index in [1.807, 2.05) is 13.8 Å². The fourth-order valence-corrected chi connectivity index (χ4v) is 2.11. The summed E-state index contributed by atoms with van der Waals surface area (Å²) in [5.41, 5.74) is 1.37. The van der Waals surface area contributed by atoms with Gasteiger partial charge in [0.1, 0.15) is 0 Å². The van der Waals surface area contributed by atoms with Crippen LogP contribution in [0.25, 0.3) is 11.5 Å². The fraction of sp³-hybridized carbons (Fsp3) is 0.385. The Morgan fingerprint density at radius 2 is 2.25 bits per heavy atom. The van der Waals surface area contributed by atoms with Gasteiger partial charge in [-0.05, 0) is 18.9 Å². The molecule has 20 heavy (non-hydrogen) atoms. The largest absolute Gasteiger partial charge is 0.334 e. The van der Waals surface area contributed by atoms with Crippen molar-refractivity contribution in [3.8, 4) is 11.5 Å². The van der Waals surface area contributed by atoms with Crippen LogP contribution in [0.2, 0.25) is 0 Å². The lowest BCUT2D eigenvalue weighted by atomic mass is 10.1. The van der Waals surface area contributed by atoms with Gasteiger partial charge < -0.3 is 4.52 Å². The molecule has 0 fully saturated rings. The smallest absolute Gasteiger partial charge is 0.270 e. The van der Waals surface area contributed by atoms with E-state index in [2.05, 4.69) is 10.1 Å². The molecule has 7 heteroatoms. The highest BCUT2D eigenvalue weighted by atomic mass is 35.5. The summed E-state index contributed by atoms with van der Waals surface area (Å²) in [5.74, 6) is 0.664. The molecule has 1 atom stereocenters. The van der Waals surface area contributed by atoms with Crippen LogP contribution < -0.4 is 0 Å². The van der Waals surface area contributed by atoms with Gasteiger partial charge in [-0.1, -0.05) is 24.6 Å². The van der Waals surface area contributed by atoms with E-state index in [1.165, 1.54) is 12.1 Å². The molecule has 0 N–H and O–H groups in total. The molecule has 0 aliphatic rings. The average Bonchev–Trinajstić information content (AvgIpc) is 2.88. The van der Waals surface area contributed by atoms with Crippen molar-refractivity contribution < 1.29 is 9.45 Å². The highest BCUT2D eigenvalue weighted by Gasteiger charge is 2.19. The van der Waals surface area contributed by atoms with Crippen LogP contribution in [0, 0.1) is 17.0 Å². The molecular weight excluding hydrogens is 282 g/mol. The third-order valence-corrected chi connectivity index (χ3v) is 3.34. The summed E-state index contributed by atoms with van der Waals surface area (Å²) in [6.45, 7) is 3.84. The molecule has 2 rings (SSSR count). The topological polar surface area (TPSA) is 82.1 Å². The Morgan fingerprint density at radius 3 is 2.90 bits per heavy atom. The first-order chi connectivity index (χ1) is 9.52. The molecule has 0 aliphatic heterocycles. The highest BCUT2D eigenvalue weighted by molar-refractivity contribution is 6.20. The van der Waals surface area contributed by atoms with Crippen LogP contribution >= 0.6 is 11.6 Å². The van der Waals surface area contributed by atoms with Gasteiger partial charge in [0.15, 0.2) is 5.82 Å². The molecule has 1 aromatic heterocycles. The summed E-state index contributed by atoms with van der Waals surface area (Å²) < 4.78 is 5.17. The molecule has 0 saturated carbocycles. The molecule has 0 amide bonds. The molecule has 0 radical (unpaired) electrons. The SMILES string of the molecule is CCCC(Cl)c1noc(-c2cc([N+](=O)[O-])ccc2C)n1. The Balaban J connectivity index is 2.36. The number of hydrogen-bond acceptors (Lipinski definition) is 5. The van der Waals surface area contributed by atoms with Crippen LogP contribution in [0.5, 0.6) is 0 Å². The maximum Gasteiger partial charge on any atom is 0.270 e. The number of alkyl halides is 1. The normalized spacial score (nSPS) is 12.3. The van der Waals surface area contributed by atoms with E-state index in [0.29, 0.717) is 11.4 Å². The van der Waals surface area contributed by atoms with Crippen LogP contribution in [-0.4, -0.2) is 15.1 Å². The quantitative estimate of drug-likeness (QED) is 0.472. The Labute approximate surface area is 120 Å². The van der Waals surface area contributed by atoms with Crippen molar-refractivity contribution in [1.82, 2.24) is 10.1 Å². The van der Waals surface area contributed by atoms with Gasteiger partial charge in [-0.15, -0.1) is 11.6 Å². The summed E-state index contributed by atoms with van der Waals surface area (Å²) in [4.78, 5) is 14.6. The first kappa shape index (κ1) is 14.5. The third kappa shape index (κ3) is 2.96. The summed E-state index contributed by atoms with van der Waals surface area (Å²) in [6, 6.07) is 4.52. The number of nitrogens with zero attached hydrogens (tertiary/aromatic N) is 3. The minimum Gasteiger partial charge on any atom is -0.334 e. The lowest BCUT2D eigenvalue weighted by Crippen LogP contribution is -1.93. The van der Waals surface area contributed by atoms with Crippen molar-refractivity contribution in [3.05, 3.63) is 39.7 Å². The van der Waals surface area contributed by atoms with E-state index >= 15 is 0 Å². The Bertz CT molecular complexity index is 627. The second-order valence-electron chi connectivity index (χ2n) is 4.47. The zero-order valence-corrected chi connectivity index (χ0v) is 11.9. The Kier molecular flexibility index (Phi) is 4.34. The second-order valence-corrected chi connectivity index (χ2v) is 5.00. The average molecular weight is 296 g/mol. The van der Waals surface area contributed by atoms with Gasteiger partial charge in [-0.2, -0.15) is 4.98 Å². The van der Waals surface area contributed by atoms with Crippen molar-refractivity contribution in [1.29, 1.82) is 0 Å². The summed E-state index contributed by atoms with van der Waals surface area (Å²) >= 11 is 6.14. The number of hydrogen-bond donors (Lipinski definition) is 0. The van der Waals surface area contributed by atoms with E-state index in [0.717, 1.165) is 18.4 Å². The van der Waals surface area contributed by atoms with Crippen LogP contribution in [-0.2, 0) is 0 Å². The lowest BCUT2D eigenvalue weighted by molar-refractivity contribution is -0.384. The minimum atomic E-state index is -0.457. The highest BCUT2D eigenvalue weighted by Crippen LogP contribution is 2.29. The van der Waals surface area contributed by atoms with E-state index < -0.39 is 4.92 Å². The van der Waals surface area contributed by atoms with Crippen molar-refractivity contribution in [2.45, 2.75) is 32.1 Å². The second kappa shape index (κ2) is 6.00. The first-order valence-corrected chi connectivity index (χ1v) is 6.69. The Hall–Kier alpha value is -1.95. The van der Waals surface area contributed by atoms with Gasteiger partial charge in [0.05, 0.1) is 10.3 Å². The predicted octanol–water partition coefficient (Wildman–Crippen LogP) is 4.03. The maximum absolute atomic E-state index is 10.8. The Morgan fingerprint density at radius 1 is 1.50 bits per heavy atom. The molecule has 106 valence electrons. The number of halogens is 1. The summed E-state index contributed by atoms with van der Waals surface area (Å²) in [6.07, 6.45) is 1.66. The van der Waals surface area contributed by atoms with Crippen LogP contribution in [0.4, 0.5) is 5.69 Å². The zero-order chi connectivity index (χ0) is 14.7. The van der Waals surface area contributed by atoms with Gasteiger partial charge in [0.2, 0.25) is 0 Å². The standard InChI is InChI=1S/C13H14ClN3O3/c1-3-4-11(14)12-15-13(20-16-12)10-7-9(17(18)19)6-5-8(10)2/h5-7,11H,3-4H2,1-2H3. The molecular formula is C13H14ClN3O3. The molecule has 0 saturated heterocycles. The number of non-ortho nitro benzene ring substituents is 1. The van der Waals surface area contributed by atoms with E-state index in [9.17, 15) is 10.1 Å². The molecule has 1 heterocycles. The zero-order valence-electron chi connectivity index (χ0n) is 11.2. The fourth-order valence-electron chi connectivity index (χ4n) is 1.81. The van der Waals surface area contributed by atoms with Gasteiger partial charge >= 0.3 is 0 Å². The predicted molar refractivity (Wildman–Crippen MR) is 74.6 cm³/mol. The van der Waals surface area contributed by atoms with Gasteiger partial charge in [0.25, 0.3) is 11.6 Å². The van der Waals surface area contributed by atoms with Crippen molar-refractivity contribution >= 4 is 17.3 Å². The van der Waals surface area contributed by atoms with E-state index in [-0.39, 0.29) is 17.0 Å². The van der Waals surface area contributed by atoms with Gasteiger partial charge in [-0.25, -0.2) is 0 Å². The molecule has 1 aromatic carbocycles. The van der Waals surface area contributed by atoms with Crippen molar-refractivity contribution in [2.24, 2.45) is 0 Å². The van der Waals surface area contributed by atoms with Crippen molar-refractivity contribution in [3.63, 3.8) is 0 Å². The number of benzene rings is 1. The lowest BCUT2D eigenvalue weighted by Gasteiger charge is -2.01. The maximum atomic E-state index is 10.8. The van der Waals surface area contributed by atoms with Gasteiger partial charge in [0, 0.05) is 17.7 Å². The third-order valence-electron chi connectivity index (χ3n) is 2.93. The minimum absolute atomic E-state index is 0.0127. The summed E-state index contributed by atoms with van der Waals surface area (Å²) in [5, 5.41) is 14.3. The molecule has 1 unspecified atom stereocenters. The number of rotatable bonds is 5. The monoisotopic (exact) mass is 295 g/mol. The number of nitro benzene ring substituents is 1. The number of nitro groups is 1. The number of aromatic nitrogens is 2. The molecule has 2 aromatic rings.